The highest BCUT2D eigenvalue weighted by molar-refractivity contribution is 7.13. The Kier molecular flexibility index (Phi) is 4.15. The van der Waals surface area contributed by atoms with E-state index in [0.29, 0.717) is 5.82 Å². The number of fused-ring (bicyclic) bond motifs is 3. The van der Waals surface area contributed by atoms with Crippen LogP contribution < -0.4 is 4.90 Å². The topological polar surface area (TPSA) is 108 Å². The van der Waals surface area contributed by atoms with E-state index in [4.69, 9.17) is 9.97 Å². The molecule has 0 saturated carbocycles. The van der Waals surface area contributed by atoms with Gasteiger partial charge in [0.15, 0.2) is 17.5 Å². The molecule has 32 heavy (non-hydrogen) atoms. The van der Waals surface area contributed by atoms with Crippen LogP contribution in [0, 0.1) is 0 Å². The van der Waals surface area contributed by atoms with Crippen LogP contribution in [0.15, 0.2) is 42.7 Å². The van der Waals surface area contributed by atoms with Crippen molar-refractivity contribution < 1.29 is 0 Å². The molecule has 0 saturated heterocycles. The van der Waals surface area contributed by atoms with E-state index in [-0.39, 0.29) is 6.04 Å². The number of anilines is 2. The molecule has 0 fully saturated rings. The van der Waals surface area contributed by atoms with Gasteiger partial charge in [-0.2, -0.15) is 10.2 Å². The third-order valence-electron chi connectivity index (χ3n) is 5.48. The van der Waals surface area contributed by atoms with E-state index in [0.717, 1.165) is 45.7 Å². The van der Waals surface area contributed by atoms with E-state index >= 15 is 0 Å². The molecule has 6 rings (SSSR count). The van der Waals surface area contributed by atoms with Gasteiger partial charge in [0.25, 0.3) is 0 Å². The quantitative estimate of drug-likeness (QED) is 0.415. The first kappa shape index (κ1) is 18.8. The highest BCUT2D eigenvalue weighted by Crippen LogP contribution is 2.43. The molecule has 5 aromatic rings. The van der Waals surface area contributed by atoms with E-state index in [1.165, 1.54) is 11.3 Å². The summed E-state index contributed by atoms with van der Waals surface area (Å²) >= 11 is 1.54. The van der Waals surface area contributed by atoms with Gasteiger partial charge in [-0.25, -0.2) is 15.0 Å². The summed E-state index contributed by atoms with van der Waals surface area (Å²) in [7, 11) is 3.79. The Morgan fingerprint density at radius 3 is 2.75 bits per heavy atom. The Bertz CT molecular complexity index is 1410. The Labute approximate surface area is 187 Å². The summed E-state index contributed by atoms with van der Waals surface area (Å²) in [6, 6.07) is -0.0377. The summed E-state index contributed by atoms with van der Waals surface area (Å²) in [5.41, 5.74) is 3.36. The van der Waals surface area contributed by atoms with Gasteiger partial charge in [0.1, 0.15) is 22.7 Å². The molecule has 0 aliphatic carbocycles. The van der Waals surface area contributed by atoms with E-state index < -0.39 is 0 Å². The monoisotopic (exact) mass is 445 g/mol. The molecule has 1 atom stereocenters. The minimum atomic E-state index is -0.0377. The summed E-state index contributed by atoms with van der Waals surface area (Å²) < 4.78 is 5.51. The van der Waals surface area contributed by atoms with Crippen molar-refractivity contribution in [3.63, 3.8) is 0 Å². The smallest absolute Gasteiger partial charge is 0.165 e. The first-order valence-electron chi connectivity index (χ1n) is 10.1. The standard InChI is InChI=1S/C20H19N11S/c1-4-14-19-26-23-11-30(19)15-8-22-17(25-18(15)31(14)12-7-24-28(2)9-12)13-10-29(3)27-16(13)20-21-5-6-32-20/h5-11,14H,4H2,1-3H3/t14-/m1/s1. The highest BCUT2D eigenvalue weighted by atomic mass is 32.1. The van der Waals surface area contributed by atoms with Crippen LogP contribution in [0.3, 0.4) is 0 Å². The van der Waals surface area contributed by atoms with Gasteiger partial charge >= 0.3 is 0 Å². The van der Waals surface area contributed by atoms with Gasteiger partial charge < -0.3 is 4.90 Å². The second-order valence-corrected chi connectivity index (χ2v) is 8.42. The number of hydrogen-bond donors (Lipinski definition) is 0. The van der Waals surface area contributed by atoms with Crippen molar-refractivity contribution in [2.75, 3.05) is 4.90 Å². The van der Waals surface area contributed by atoms with Crippen molar-refractivity contribution in [3.8, 4) is 27.8 Å². The van der Waals surface area contributed by atoms with Gasteiger partial charge in [0, 0.05) is 38.1 Å². The van der Waals surface area contributed by atoms with E-state index in [9.17, 15) is 0 Å². The Morgan fingerprint density at radius 2 is 2.00 bits per heavy atom. The number of hydrogen-bond acceptors (Lipinski definition) is 9. The summed E-state index contributed by atoms with van der Waals surface area (Å²) in [5, 5.41) is 20.3. The van der Waals surface area contributed by atoms with Crippen LogP contribution >= 0.6 is 11.3 Å². The number of rotatable bonds is 4. The van der Waals surface area contributed by atoms with E-state index in [1.807, 2.05) is 48.8 Å². The average molecular weight is 446 g/mol. The summed E-state index contributed by atoms with van der Waals surface area (Å²) in [5.74, 6) is 2.21. The maximum absolute atomic E-state index is 5.04. The lowest BCUT2D eigenvalue weighted by molar-refractivity contribution is 0.589. The molecule has 11 nitrogen and oxygen atoms in total. The zero-order chi connectivity index (χ0) is 21.8. The predicted molar refractivity (Wildman–Crippen MR) is 119 cm³/mol. The molecule has 0 radical (unpaired) electrons. The van der Waals surface area contributed by atoms with Crippen molar-refractivity contribution in [1.29, 1.82) is 0 Å². The molecule has 0 spiro atoms. The minimum absolute atomic E-state index is 0.0377. The fraction of sp³-hybridized carbons (Fsp3) is 0.250. The van der Waals surface area contributed by atoms with Crippen LogP contribution in [0.5, 0.6) is 0 Å². The van der Waals surface area contributed by atoms with Crippen LogP contribution in [0.2, 0.25) is 0 Å². The maximum Gasteiger partial charge on any atom is 0.165 e. The molecular formula is C20H19N11S. The summed E-state index contributed by atoms with van der Waals surface area (Å²) in [4.78, 5) is 16.3. The zero-order valence-corrected chi connectivity index (χ0v) is 18.5. The van der Waals surface area contributed by atoms with E-state index in [1.54, 1.807) is 21.9 Å². The fourth-order valence-corrected chi connectivity index (χ4v) is 4.75. The predicted octanol–water partition coefficient (Wildman–Crippen LogP) is 2.92. The maximum atomic E-state index is 5.04. The third kappa shape index (κ3) is 2.76. The number of thiazole rings is 1. The zero-order valence-electron chi connectivity index (χ0n) is 17.7. The molecule has 160 valence electrons. The molecule has 0 N–H and O–H groups in total. The average Bonchev–Trinajstić information content (AvgIpc) is 3.58. The fourth-order valence-electron chi connectivity index (χ4n) is 4.11. The van der Waals surface area contributed by atoms with Crippen molar-refractivity contribution >= 4 is 22.8 Å². The van der Waals surface area contributed by atoms with Gasteiger partial charge in [0.05, 0.1) is 29.7 Å². The Balaban J connectivity index is 1.57. The van der Waals surface area contributed by atoms with Crippen molar-refractivity contribution in [3.05, 3.63) is 48.5 Å². The van der Waals surface area contributed by atoms with Crippen LogP contribution in [0.25, 0.3) is 27.8 Å². The lowest BCUT2D eigenvalue weighted by Crippen LogP contribution is -2.32. The second kappa shape index (κ2) is 7.05. The van der Waals surface area contributed by atoms with Crippen molar-refractivity contribution in [2.24, 2.45) is 14.1 Å². The van der Waals surface area contributed by atoms with Crippen molar-refractivity contribution in [1.82, 2.24) is 49.3 Å². The van der Waals surface area contributed by atoms with Crippen LogP contribution in [0.4, 0.5) is 11.5 Å². The largest absolute Gasteiger partial charge is 0.311 e. The van der Waals surface area contributed by atoms with Gasteiger partial charge in [-0.15, -0.1) is 21.5 Å². The first-order chi connectivity index (χ1) is 15.6. The van der Waals surface area contributed by atoms with E-state index in [2.05, 4.69) is 37.2 Å². The lowest BCUT2D eigenvalue weighted by Gasteiger charge is -2.35. The molecular weight excluding hydrogens is 426 g/mol. The van der Waals surface area contributed by atoms with Crippen LogP contribution in [-0.2, 0) is 14.1 Å². The molecule has 1 aliphatic heterocycles. The third-order valence-corrected chi connectivity index (χ3v) is 6.26. The summed E-state index contributed by atoms with van der Waals surface area (Å²) in [6.07, 6.45) is 11.9. The van der Waals surface area contributed by atoms with Gasteiger partial charge in [-0.1, -0.05) is 6.92 Å². The Morgan fingerprint density at radius 1 is 1.09 bits per heavy atom. The highest BCUT2D eigenvalue weighted by Gasteiger charge is 2.35. The molecule has 0 aromatic carbocycles. The molecule has 12 heteroatoms. The van der Waals surface area contributed by atoms with Crippen LogP contribution in [-0.4, -0.2) is 49.3 Å². The molecule has 1 aliphatic rings. The number of nitrogens with zero attached hydrogens (tertiary/aromatic N) is 11. The van der Waals surface area contributed by atoms with Gasteiger partial charge in [0.2, 0.25) is 0 Å². The van der Waals surface area contributed by atoms with Crippen molar-refractivity contribution in [2.45, 2.75) is 19.4 Å². The molecule has 0 bridgehead atoms. The second-order valence-electron chi connectivity index (χ2n) is 7.53. The number of aryl methyl sites for hydroxylation is 2. The lowest BCUT2D eigenvalue weighted by atomic mass is 10.1. The number of aromatic nitrogens is 10. The Hall–Kier alpha value is -3.93. The molecule has 0 unspecified atom stereocenters. The molecule has 6 heterocycles. The van der Waals surface area contributed by atoms with Gasteiger partial charge in [-0.3, -0.25) is 13.9 Å². The first-order valence-corrected chi connectivity index (χ1v) is 11.0. The molecule has 5 aromatic heterocycles. The molecule has 0 amide bonds. The normalized spacial score (nSPS) is 15.1. The van der Waals surface area contributed by atoms with Crippen LogP contribution in [0.1, 0.15) is 25.2 Å². The van der Waals surface area contributed by atoms with Gasteiger partial charge in [-0.05, 0) is 6.42 Å². The minimum Gasteiger partial charge on any atom is -0.311 e. The SMILES string of the molecule is CC[C@@H]1c2nncn2-c2cnc(-c3cn(C)nc3-c3nccs3)nc2N1c1cnn(C)c1. The summed E-state index contributed by atoms with van der Waals surface area (Å²) in [6.45, 7) is 2.13.